The van der Waals surface area contributed by atoms with Crippen LogP contribution in [-0.2, 0) is 5.92 Å². The molecule has 0 amide bonds. The Bertz CT molecular complexity index is 649. The summed E-state index contributed by atoms with van der Waals surface area (Å²) in [6.45, 7) is 1.95. The lowest BCUT2D eigenvalue weighted by Crippen LogP contribution is -2.33. The van der Waals surface area contributed by atoms with E-state index in [0.29, 0.717) is 5.56 Å². The highest BCUT2D eigenvalue weighted by Gasteiger charge is 2.58. The molecule has 0 unspecified atom stereocenters. The normalized spacial score (nSPS) is 12.8. The van der Waals surface area contributed by atoms with Crippen molar-refractivity contribution in [2.75, 3.05) is 0 Å². The summed E-state index contributed by atoms with van der Waals surface area (Å²) in [6.07, 6.45) is -2.18. The summed E-state index contributed by atoms with van der Waals surface area (Å²) >= 11 is 0. The first-order valence-electron chi connectivity index (χ1n) is 6.50. The predicted octanol–water partition coefficient (Wildman–Crippen LogP) is 5.82. The summed E-state index contributed by atoms with van der Waals surface area (Å²) in [7, 11) is 0. The van der Waals surface area contributed by atoms with Gasteiger partial charge in [-0.15, -0.1) is 0 Å². The van der Waals surface area contributed by atoms with E-state index < -0.39 is 17.7 Å². The highest BCUT2D eigenvalue weighted by atomic mass is 19.4. The second-order valence-corrected chi connectivity index (χ2v) is 4.94. The quantitative estimate of drug-likeness (QED) is 0.495. The summed E-state index contributed by atoms with van der Waals surface area (Å²) in [4.78, 5) is 0. The first kappa shape index (κ1) is 16.2. The minimum Gasteiger partial charge on any atom is -0.191 e. The van der Waals surface area contributed by atoms with Crippen molar-refractivity contribution in [1.29, 1.82) is 0 Å². The fourth-order valence-corrected chi connectivity index (χ4v) is 1.84. The van der Waals surface area contributed by atoms with Crippen LogP contribution in [0.25, 0.3) is 12.2 Å². The molecule has 0 heterocycles. The molecule has 2 rings (SSSR count). The van der Waals surface area contributed by atoms with Crippen molar-refractivity contribution in [3.8, 4) is 0 Å². The second kappa shape index (κ2) is 5.91. The third-order valence-electron chi connectivity index (χ3n) is 3.17. The van der Waals surface area contributed by atoms with Gasteiger partial charge in [-0.25, -0.2) is 0 Å². The number of hydrogen-bond acceptors (Lipinski definition) is 0. The van der Waals surface area contributed by atoms with E-state index in [4.69, 9.17) is 0 Å². The minimum atomic E-state index is -5.59. The molecule has 0 fully saturated rings. The third-order valence-corrected chi connectivity index (χ3v) is 3.17. The van der Waals surface area contributed by atoms with Crippen LogP contribution >= 0.6 is 0 Å². The van der Waals surface area contributed by atoms with E-state index in [1.165, 1.54) is 12.1 Å². The van der Waals surface area contributed by atoms with E-state index in [0.717, 1.165) is 23.3 Å². The Morgan fingerprint density at radius 1 is 0.682 bits per heavy atom. The van der Waals surface area contributed by atoms with Crippen LogP contribution in [0.3, 0.4) is 0 Å². The smallest absolute Gasteiger partial charge is 0.191 e. The van der Waals surface area contributed by atoms with Gasteiger partial charge in [0.25, 0.3) is 0 Å². The van der Waals surface area contributed by atoms with Gasteiger partial charge in [0.1, 0.15) is 0 Å². The van der Waals surface area contributed by atoms with Gasteiger partial charge in [-0.2, -0.15) is 22.0 Å². The van der Waals surface area contributed by atoms with E-state index >= 15 is 0 Å². The molecule has 2 aromatic carbocycles. The fourth-order valence-electron chi connectivity index (χ4n) is 1.84. The number of halogens is 5. The van der Waals surface area contributed by atoms with Gasteiger partial charge >= 0.3 is 12.1 Å². The summed E-state index contributed by atoms with van der Waals surface area (Å²) in [5.74, 6) is -4.84. The van der Waals surface area contributed by atoms with Crippen molar-refractivity contribution < 1.29 is 22.0 Å². The SMILES string of the molecule is Cc1ccc(C=Cc2ccc(C(F)(F)C(F)(F)F)cc2)cc1. The number of alkyl halides is 5. The molecule has 0 aliphatic carbocycles. The highest BCUT2D eigenvalue weighted by molar-refractivity contribution is 5.69. The lowest BCUT2D eigenvalue weighted by molar-refractivity contribution is -0.289. The van der Waals surface area contributed by atoms with Crippen LogP contribution < -0.4 is 0 Å². The number of rotatable bonds is 3. The Kier molecular flexibility index (Phi) is 4.35. The van der Waals surface area contributed by atoms with E-state index in [2.05, 4.69) is 0 Å². The maximum atomic E-state index is 13.1. The monoisotopic (exact) mass is 312 g/mol. The zero-order chi connectivity index (χ0) is 16.4. The van der Waals surface area contributed by atoms with Crippen LogP contribution in [0, 0.1) is 6.92 Å². The molecule has 0 saturated carbocycles. The molecule has 0 bridgehead atoms. The van der Waals surface area contributed by atoms with Crippen LogP contribution in [0.15, 0.2) is 48.5 Å². The molecular weight excluding hydrogens is 299 g/mol. The van der Waals surface area contributed by atoms with Gasteiger partial charge in [-0.1, -0.05) is 66.2 Å². The first-order valence-corrected chi connectivity index (χ1v) is 6.50. The standard InChI is InChI=1S/C17H13F5/c1-12-2-4-13(5-3-12)6-7-14-8-10-15(11-9-14)16(18,19)17(20,21)22/h2-11H,1H3. The zero-order valence-corrected chi connectivity index (χ0v) is 11.7. The van der Waals surface area contributed by atoms with Gasteiger partial charge in [0.05, 0.1) is 0 Å². The summed E-state index contributed by atoms with van der Waals surface area (Å²) in [6, 6.07) is 11.7. The molecule has 0 nitrogen and oxygen atoms in total. The van der Waals surface area contributed by atoms with Crippen molar-refractivity contribution in [3.63, 3.8) is 0 Å². The third kappa shape index (κ3) is 3.53. The molecule has 0 saturated heterocycles. The van der Waals surface area contributed by atoms with Crippen molar-refractivity contribution in [1.82, 2.24) is 0 Å². The Labute approximate surface area is 124 Å². The summed E-state index contributed by atoms with van der Waals surface area (Å²) in [5, 5.41) is 0. The van der Waals surface area contributed by atoms with Crippen LogP contribution in [0.2, 0.25) is 0 Å². The molecule has 5 heteroatoms. The van der Waals surface area contributed by atoms with E-state index in [1.54, 1.807) is 12.2 Å². The van der Waals surface area contributed by atoms with Crippen LogP contribution in [0.4, 0.5) is 22.0 Å². The maximum absolute atomic E-state index is 13.1. The van der Waals surface area contributed by atoms with Crippen molar-refractivity contribution in [3.05, 3.63) is 70.8 Å². The predicted molar refractivity (Wildman–Crippen MR) is 76.5 cm³/mol. The maximum Gasteiger partial charge on any atom is 0.458 e. The average molecular weight is 312 g/mol. The van der Waals surface area contributed by atoms with Crippen molar-refractivity contribution >= 4 is 12.2 Å². The Balaban J connectivity index is 2.17. The molecule has 22 heavy (non-hydrogen) atoms. The molecule has 0 N–H and O–H groups in total. The van der Waals surface area contributed by atoms with Gasteiger partial charge in [-0.3, -0.25) is 0 Å². The fraction of sp³-hybridized carbons (Fsp3) is 0.176. The van der Waals surface area contributed by atoms with Crippen molar-refractivity contribution in [2.45, 2.75) is 19.0 Å². The second-order valence-electron chi connectivity index (χ2n) is 4.94. The van der Waals surface area contributed by atoms with Gasteiger partial charge in [-0.05, 0) is 18.1 Å². The van der Waals surface area contributed by atoms with Gasteiger partial charge in [0.15, 0.2) is 0 Å². The Morgan fingerprint density at radius 2 is 1.09 bits per heavy atom. The molecule has 116 valence electrons. The van der Waals surface area contributed by atoms with E-state index in [1.807, 2.05) is 31.2 Å². The molecule has 2 aromatic rings. The van der Waals surface area contributed by atoms with E-state index in [-0.39, 0.29) is 0 Å². The molecule has 0 radical (unpaired) electrons. The highest BCUT2D eigenvalue weighted by Crippen LogP contribution is 2.43. The Morgan fingerprint density at radius 3 is 1.50 bits per heavy atom. The molecule has 0 aliphatic rings. The van der Waals surface area contributed by atoms with Gasteiger partial charge < -0.3 is 0 Å². The number of hydrogen-bond donors (Lipinski definition) is 0. The molecule has 0 spiro atoms. The van der Waals surface area contributed by atoms with Gasteiger partial charge in [0.2, 0.25) is 0 Å². The first-order chi connectivity index (χ1) is 10.2. The lowest BCUT2D eigenvalue weighted by atomic mass is 10.0. The lowest BCUT2D eigenvalue weighted by Gasteiger charge is -2.19. The molecule has 0 atom stereocenters. The molecular formula is C17H13F5. The average Bonchev–Trinajstić information content (AvgIpc) is 2.46. The summed E-state index contributed by atoms with van der Waals surface area (Å²) in [5.41, 5.74) is 1.50. The molecule has 0 aliphatic heterocycles. The Hall–Kier alpha value is -2.17. The largest absolute Gasteiger partial charge is 0.458 e. The zero-order valence-electron chi connectivity index (χ0n) is 11.7. The minimum absolute atomic E-state index is 0.544. The summed E-state index contributed by atoms with van der Waals surface area (Å²) < 4.78 is 63.1. The van der Waals surface area contributed by atoms with Gasteiger partial charge in [0, 0.05) is 5.56 Å². The van der Waals surface area contributed by atoms with E-state index in [9.17, 15) is 22.0 Å². The van der Waals surface area contributed by atoms with Crippen LogP contribution in [0.1, 0.15) is 22.3 Å². The van der Waals surface area contributed by atoms with Crippen molar-refractivity contribution in [2.24, 2.45) is 0 Å². The number of aryl methyl sites for hydroxylation is 1. The van der Waals surface area contributed by atoms with Crippen LogP contribution in [-0.4, -0.2) is 6.18 Å². The molecule has 0 aromatic heterocycles. The van der Waals surface area contributed by atoms with Crippen LogP contribution in [0.5, 0.6) is 0 Å². The topological polar surface area (TPSA) is 0 Å². The number of benzene rings is 2.